The van der Waals surface area contributed by atoms with E-state index in [-0.39, 0.29) is 23.7 Å². The molecule has 0 saturated heterocycles. The van der Waals surface area contributed by atoms with Crippen molar-refractivity contribution in [1.29, 1.82) is 0 Å². The second-order valence-electron chi connectivity index (χ2n) is 5.78. The Morgan fingerprint density at radius 2 is 1.85 bits per heavy atom. The molecule has 2 rings (SSSR count). The van der Waals surface area contributed by atoms with Gasteiger partial charge in [-0.05, 0) is 30.7 Å². The van der Waals surface area contributed by atoms with Crippen molar-refractivity contribution in [2.75, 3.05) is 34.0 Å². The highest BCUT2D eigenvalue weighted by Gasteiger charge is 2.36. The first-order chi connectivity index (χ1) is 12.9. The highest BCUT2D eigenvalue weighted by atomic mass is 16.5. The molecule has 0 fully saturated rings. The van der Waals surface area contributed by atoms with E-state index in [0.717, 1.165) is 0 Å². The topological polar surface area (TPSA) is 108 Å². The molecule has 1 heterocycles. The summed E-state index contributed by atoms with van der Waals surface area (Å²) < 4.78 is 15.1. The molecule has 0 aromatic heterocycles. The number of hydrogen-bond acceptors (Lipinski definition) is 6. The smallest absolute Gasteiger partial charge is 0.340 e. The predicted octanol–water partition coefficient (Wildman–Crippen LogP) is 0.870. The zero-order chi connectivity index (χ0) is 20.0. The van der Waals surface area contributed by atoms with Gasteiger partial charge in [-0.2, -0.15) is 0 Å². The summed E-state index contributed by atoms with van der Waals surface area (Å²) in [7, 11) is 2.81. The van der Waals surface area contributed by atoms with Crippen molar-refractivity contribution in [1.82, 2.24) is 4.90 Å². The van der Waals surface area contributed by atoms with Gasteiger partial charge in [0.05, 0.1) is 24.9 Å². The fraction of sp³-hybridized carbons (Fsp3) is 0.316. The van der Waals surface area contributed by atoms with Crippen LogP contribution in [0.25, 0.3) is 6.08 Å². The minimum atomic E-state index is -0.576. The summed E-state index contributed by atoms with van der Waals surface area (Å²) in [6.07, 6.45) is 1.61. The number of esters is 1. The third-order valence-electron chi connectivity index (χ3n) is 3.99. The first kappa shape index (κ1) is 20.2. The maximum absolute atomic E-state index is 12.8. The van der Waals surface area contributed by atoms with Gasteiger partial charge in [0, 0.05) is 19.4 Å². The van der Waals surface area contributed by atoms with Crippen molar-refractivity contribution in [3.63, 3.8) is 0 Å². The molecule has 1 aliphatic rings. The molecule has 0 unspecified atom stereocenters. The van der Waals surface area contributed by atoms with Crippen molar-refractivity contribution in [3.8, 4) is 5.75 Å². The van der Waals surface area contributed by atoms with Crippen LogP contribution in [0.15, 0.2) is 41.1 Å². The van der Waals surface area contributed by atoms with E-state index in [2.05, 4.69) is 0 Å². The maximum Gasteiger partial charge on any atom is 0.340 e. The lowest BCUT2D eigenvalue weighted by Gasteiger charge is -2.16. The second-order valence-corrected chi connectivity index (χ2v) is 5.78. The molecular formula is C19H22N2O6. The largest absolute Gasteiger partial charge is 0.484 e. The zero-order valence-corrected chi connectivity index (χ0v) is 15.5. The maximum atomic E-state index is 12.8. The number of benzene rings is 1. The summed E-state index contributed by atoms with van der Waals surface area (Å²) in [6.45, 7) is 2.15. The molecule has 8 heteroatoms. The quantitative estimate of drug-likeness (QED) is 0.534. The van der Waals surface area contributed by atoms with Crippen LogP contribution in [0.3, 0.4) is 0 Å². The first-order valence-corrected chi connectivity index (χ1v) is 8.22. The van der Waals surface area contributed by atoms with Crippen LogP contribution in [0.5, 0.6) is 5.75 Å². The number of methoxy groups -OCH3 is 2. The Morgan fingerprint density at radius 1 is 1.19 bits per heavy atom. The summed E-state index contributed by atoms with van der Waals surface area (Å²) in [6, 6.07) is 6.70. The van der Waals surface area contributed by atoms with E-state index in [1.54, 1.807) is 44.4 Å². The van der Waals surface area contributed by atoms with E-state index in [1.165, 1.54) is 12.0 Å². The van der Waals surface area contributed by atoms with Gasteiger partial charge < -0.3 is 24.8 Å². The lowest BCUT2D eigenvalue weighted by Crippen LogP contribution is -2.28. The van der Waals surface area contributed by atoms with Gasteiger partial charge >= 0.3 is 5.97 Å². The van der Waals surface area contributed by atoms with Crippen LogP contribution in [-0.4, -0.2) is 56.7 Å². The van der Waals surface area contributed by atoms with E-state index in [0.29, 0.717) is 30.2 Å². The minimum absolute atomic E-state index is 0.220. The molecule has 0 saturated carbocycles. The van der Waals surface area contributed by atoms with E-state index >= 15 is 0 Å². The number of carbonyl (C=O) groups excluding carboxylic acids is 3. The van der Waals surface area contributed by atoms with Gasteiger partial charge in [0.1, 0.15) is 5.75 Å². The number of nitrogens with two attached hydrogens (primary N) is 1. The summed E-state index contributed by atoms with van der Waals surface area (Å²) >= 11 is 0. The Balaban J connectivity index is 2.32. The highest BCUT2D eigenvalue weighted by Crippen LogP contribution is 2.31. The summed E-state index contributed by atoms with van der Waals surface area (Å²) in [5.74, 6) is -0.972. The summed E-state index contributed by atoms with van der Waals surface area (Å²) in [4.78, 5) is 37.2. The summed E-state index contributed by atoms with van der Waals surface area (Å²) in [5, 5.41) is 0. The average molecular weight is 374 g/mol. The van der Waals surface area contributed by atoms with Crippen molar-refractivity contribution in [3.05, 3.63) is 46.7 Å². The number of ether oxygens (including phenoxy) is 3. The standard InChI is InChI=1S/C19H22N2O6/c1-12-17(19(24)26-3)15(18(23)21(12)8-9-25-2)10-13-4-6-14(7-5-13)27-11-16(20)22/h4-7,10H,8-9,11H2,1-3H3,(H2,20,22)/b15-10-. The molecular weight excluding hydrogens is 352 g/mol. The normalized spacial score (nSPS) is 15.4. The third kappa shape index (κ3) is 4.73. The van der Waals surface area contributed by atoms with Crippen molar-refractivity contribution < 1.29 is 28.6 Å². The second kappa shape index (κ2) is 9.00. The van der Waals surface area contributed by atoms with Crippen LogP contribution in [0.1, 0.15) is 12.5 Å². The Morgan fingerprint density at radius 3 is 2.41 bits per heavy atom. The number of hydrogen-bond donors (Lipinski definition) is 1. The zero-order valence-electron chi connectivity index (χ0n) is 15.5. The van der Waals surface area contributed by atoms with E-state index < -0.39 is 11.9 Å². The van der Waals surface area contributed by atoms with Gasteiger partial charge in [-0.25, -0.2) is 4.79 Å². The molecule has 144 valence electrons. The number of carbonyl (C=O) groups is 3. The Hall–Kier alpha value is -3.13. The van der Waals surface area contributed by atoms with E-state index in [1.807, 2.05) is 0 Å². The van der Waals surface area contributed by atoms with Crippen molar-refractivity contribution >= 4 is 23.9 Å². The number of rotatable bonds is 8. The first-order valence-electron chi connectivity index (χ1n) is 8.22. The van der Waals surface area contributed by atoms with Crippen LogP contribution in [0.2, 0.25) is 0 Å². The molecule has 1 aliphatic heterocycles. The van der Waals surface area contributed by atoms with E-state index in [4.69, 9.17) is 19.9 Å². The van der Waals surface area contributed by atoms with Crippen LogP contribution >= 0.6 is 0 Å². The molecule has 0 spiro atoms. The predicted molar refractivity (Wildman–Crippen MR) is 97.4 cm³/mol. The van der Waals surface area contributed by atoms with Gasteiger partial charge in [-0.15, -0.1) is 0 Å². The Kier molecular flexibility index (Phi) is 6.73. The fourth-order valence-corrected chi connectivity index (χ4v) is 2.66. The highest BCUT2D eigenvalue weighted by molar-refractivity contribution is 6.16. The van der Waals surface area contributed by atoms with Gasteiger partial charge in [-0.3, -0.25) is 9.59 Å². The molecule has 1 aromatic rings. The van der Waals surface area contributed by atoms with Crippen molar-refractivity contribution in [2.45, 2.75) is 6.92 Å². The monoisotopic (exact) mass is 374 g/mol. The van der Waals surface area contributed by atoms with Gasteiger partial charge in [0.2, 0.25) is 0 Å². The molecule has 1 aromatic carbocycles. The van der Waals surface area contributed by atoms with Gasteiger partial charge in [0.15, 0.2) is 6.61 Å². The van der Waals surface area contributed by atoms with Crippen LogP contribution in [-0.2, 0) is 23.9 Å². The van der Waals surface area contributed by atoms with Crippen molar-refractivity contribution in [2.24, 2.45) is 5.73 Å². The molecule has 0 bridgehead atoms. The Bertz CT molecular complexity index is 795. The molecule has 0 aliphatic carbocycles. The molecule has 2 N–H and O–H groups in total. The molecule has 8 nitrogen and oxygen atoms in total. The SMILES string of the molecule is COCCN1C(=O)/C(=C\c2ccc(OCC(N)=O)cc2)C(C(=O)OC)=C1C. The average Bonchev–Trinajstić information content (AvgIpc) is 2.88. The lowest BCUT2D eigenvalue weighted by atomic mass is 10.0. The molecule has 0 radical (unpaired) electrons. The number of nitrogens with zero attached hydrogens (tertiary/aromatic N) is 1. The third-order valence-corrected chi connectivity index (χ3v) is 3.99. The number of amides is 2. The number of primary amides is 1. The van der Waals surface area contributed by atoms with Gasteiger partial charge in [0.25, 0.3) is 11.8 Å². The number of allylic oxidation sites excluding steroid dienone is 1. The fourth-order valence-electron chi connectivity index (χ4n) is 2.66. The lowest BCUT2D eigenvalue weighted by molar-refractivity contribution is -0.136. The van der Waals surface area contributed by atoms with Crippen LogP contribution in [0, 0.1) is 0 Å². The molecule has 0 atom stereocenters. The van der Waals surface area contributed by atoms with Crippen LogP contribution in [0.4, 0.5) is 0 Å². The minimum Gasteiger partial charge on any atom is -0.484 e. The summed E-state index contributed by atoms with van der Waals surface area (Å²) in [5.41, 5.74) is 6.73. The van der Waals surface area contributed by atoms with E-state index in [9.17, 15) is 14.4 Å². The Labute approximate surface area is 157 Å². The van der Waals surface area contributed by atoms with Crippen LogP contribution < -0.4 is 10.5 Å². The molecule has 2 amide bonds. The molecule has 27 heavy (non-hydrogen) atoms. The van der Waals surface area contributed by atoms with Gasteiger partial charge in [-0.1, -0.05) is 12.1 Å².